The molecule has 1 heterocycles. The van der Waals surface area contributed by atoms with Gasteiger partial charge in [0, 0.05) is 10.0 Å². The van der Waals surface area contributed by atoms with Gasteiger partial charge >= 0.3 is 6.03 Å². The third-order valence-electron chi connectivity index (χ3n) is 4.47. The minimum atomic E-state index is -1.70. The Morgan fingerprint density at radius 3 is 1.59 bits per heavy atom. The zero-order valence-electron chi connectivity index (χ0n) is 15.0. The van der Waals surface area contributed by atoms with Gasteiger partial charge in [-0.25, -0.2) is 13.6 Å². The fourth-order valence-electron chi connectivity index (χ4n) is 2.97. The molecule has 4 amide bonds. The van der Waals surface area contributed by atoms with Gasteiger partial charge in [-0.2, -0.15) is 0 Å². The van der Waals surface area contributed by atoms with Gasteiger partial charge in [0.2, 0.25) is 11.8 Å². The van der Waals surface area contributed by atoms with Crippen LogP contribution in [-0.2, 0) is 9.59 Å². The summed E-state index contributed by atoms with van der Waals surface area (Å²) >= 11 is 11.7. The van der Waals surface area contributed by atoms with Crippen LogP contribution in [0.25, 0.3) is 0 Å². The molecule has 0 unspecified atom stereocenters. The van der Waals surface area contributed by atoms with Crippen LogP contribution in [0.5, 0.6) is 0 Å². The first kappa shape index (κ1) is 21.2. The van der Waals surface area contributed by atoms with Crippen molar-refractivity contribution in [2.45, 2.75) is 18.8 Å². The van der Waals surface area contributed by atoms with Crippen molar-refractivity contribution in [1.82, 2.24) is 9.80 Å². The molecule has 5 nitrogen and oxygen atoms in total. The van der Waals surface area contributed by atoms with E-state index in [1.165, 1.54) is 24.3 Å². The molecule has 152 valence electrons. The summed E-state index contributed by atoms with van der Waals surface area (Å²) < 4.78 is 29.3. The number of alkyl halides is 2. The summed E-state index contributed by atoms with van der Waals surface area (Å²) in [6.45, 7) is -1.20. The highest BCUT2D eigenvalue weighted by Crippen LogP contribution is 2.27. The second-order valence-corrected chi connectivity index (χ2v) is 7.39. The molecule has 0 radical (unpaired) electrons. The van der Waals surface area contributed by atoms with Crippen LogP contribution in [0, 0.1) is 0 Å². The lowest BCUT2D eigenvalue weighted by molar-refractivity contribution is -0.143. The quantitative estimate of drug-likeness (QED) is 0.600. The van der Waals surface area contributed by atoms with Gasteiger partial charge in [-0.15, -0.1) is 0 Å². The van der Waals surface area contributed by atoms with Crippen molar-refractivity contribution in [3.63, 3.8) is 0 Å². The van der Waals surface area contributed by atoms with Crippen LogP contribution in [0.3, 0.4) is 0 Å². The van der Waals surface area contributed by atoms with E-state index in [1.54, 1.807) is 24.3 Å². The first-order valence-corrected chi connectivity index (χ1v) is 9.45. The second-order valence-electron chi connectivity index (χ2n) is 6.51. The highest BCUT2D eigenvalue weighted by molar-refractivity contribution is 6.30. The number of hydrogen-bond acceptors (Lipinski definition) is 3. The molecule has 2 aromatic rings. The molecule has 9 heteroatoms. The highest BCUT2D eigenvalue weighted by atomic mass is 35.5. The van der Waals surface area contributed by atoms with E-state index in [1.807, 2.05) is 0 Å². The summed E-state index contributed by atoms with van der Waals surface area (Å²) in [5.74, 6) is -1.67. The maximum Gasteiger partial charge on any atom is 0.333 e. The number of carbonyl (C=O) groups excluding carboxylic acids is 3. The second kappa shape index (κ2) is 8.88. The maximum atomic E-state index is 14.6. The van der Waals surface area contributed by atoms with Crippen LogP contribution >= 0.6 is 23.2 Å². The molecule has 1 aliphatic heterocycles. The minimum absolute atomic E-state index is 0.184. The Morgan fingerprint density at radius 1 is 0.793 bits per heavy atom. The molecule has 0 aliphatic carbocycles. The van der Waals surface area contributed by atoms with Gasteiger partial charge in [0.25, 0.3) is 0 Å². The summed E-state index contributed by atoms with van der Waals surface area (Å²) in [4.78, 5) is 38.2. The Hall–Kier alpha value is -2.51. The fraction of sp³-hybridized carbons (Fsp3) is 0.250. The van der Waals surface area contributed by atoms with E-state index in [9.17, 15) is 23.2 Å². The molecule has 0 N–H and O–H groups in total. The number of imide groups is 2. The van der Waals surface area contributed by atoms with Gasteiger partial charge in [0.05, 0.1) is 13.1 Å². The number of urea groups is 1. The largest absolute Gasteiger partial charge is 0.333 e. The van der Waals surface area contributed by atoms with Crippen molar-refractivity contribution in [2.75, 3.05) is 13.1 Å². The molecular formula is C20H16Cl2F2N2O3. The van der Waals surface area contributed by atoms with E-state index in [2.05, 4.69) is 0 Å². The van der Waals surface area contributed by atoms with E-state index in [0.29, 0.717) is 19.8 Å². The van der Waals surface area contributed by atoms with E-state index in [0.717, 1.165) is 0 Å². The first-order valence-electron chi connectivity index (χ1n) is 8.70. The molecule has 29 heavy (non-hydrogen) atoms. The predicted molar refractivity (Wildman–Crippen MR) is 104 cm³/mol. The summed E-state index contributed by atoms with van der Waals surface area (Å²) in [7, 11) is 0. The number of nitrogens with zero attached hydrogens (tertiary/aromatic N) is 2. The van der Waals surface area contributed by atoms with Crippen LogP contribution in [0.4, 0.5) is 13.6 Å². The number of benzene rings is 2. The van der Waals surface area contributed by atoms with Crippen molar-refractivity contribution in [3.05, 3.63) is 69.7 Å². The number of barbiturate groups is 1. The average Bonchev–Trinajstić information content (AvgIpc) is 2.68. The molecule has 3 rings (SSSR count). The summed E-state index contributed by atoms with van der Waals surface area (Å²) in [6.07, 6.45) is -4.05. The molecule has 0 bridgehead atoms. The first-order chi connectivity index (χ1) is 13.8. The SMILES string of the molecule is O=C1CC(=O)N(C[C@@H](F)c2cccc(Cl)c2)C(=O)N1C[C@@H](F)c1cccc(Cl)c1. The lowest BCUT2D eigenvalue weighted by atomic mass is 10.1. The molecule has 0 aromatic heterocycles. The van der Waals surface area contributed by atoms with Gasteiger partial charge in [-0.3, -0.25) is 19.4 Å². The zero-order valence-corrected chi connectivity index (χ0v) is 16.5. The Bertz CT molecular complexity index is 883. The summed E-state index contributed by atoms with van der Waals surface area (Å²) in [6, 6.07) is 10.8. The van der Waals surface area contributed by atoms with Gasteiger partial charge in [-0.1, -0.05) is 47.5 Å². The molecule has 1 aliphatic rings. The van der Waals surface area contributed by atoms with E-state index in [4.69, 9.17) is 23.2 Å². The predicted octanol–water partition coefficient (Wildman–Crippen LogP) is 4.90. The van der Waals surface area contributed by atoms with Gasteiger partial charge in [0.15, 0.2) is 0 Å². The lowest BCUT2D eigenvalue weighted by Crippen LogP contribution is -2.56. The summed E-state index contributed by atoms with van der Waals surface area (Å²) in [5.41, 5.74) is 0.368. The minimum Gasteiger partial charge on any atom is -0.274 e. The molecule has 0 saturated carbocycles. The van der Waals surface area contributed by atoms with Crippen LogP contribution in [-0.4, -0.2) is 40.7 Å². The van der Waals surface area contributed by atoms with Gasteiger partial charge in [0.1, 0.15) is 18.8 Å². The van der Waals surface area contributed by atoms with Crippen molar-refractivity contribution in [3.8, 4) is 0 Å². The number of carbonyl (C=O) groups is 3. The summed E-state index contributed by atoms with van der Waals surface area (Å²) in [5, 5.41) is 0.611. The van der Waals surface area contributed by atoms with Crippen LogP contribution < -0.4 is 0 Å². The Morgan fingerprint density at radius 2 is 1.21 bits per heavy atom. The lowest BCUT2D eigenvalue weighted by Gasteiger charge is -2.34. The van der Waals surface area contributed by atoms with Crippen molar-refractivity contribution >= 4 is 41.0 Å². The Balaban J connectivity index is 1.75. The van der Waals surface area contributed by atoms with E-state index >= 15 is 0 Å². The Labute approximate surface area is 175 Å². The zero-order chi connectivity index (χ0) is 21.1. The van der Waals surface area contributed by atoms with Crippen molar-refractivity contribution in [1.29, 1.82) is 0 Å². The van der Waals surface area contributed by atoms with Crippen LogP contribution in [0.15, 0.2) is 48.5 Å². The topological polar surface area (TPSA) is 57.7 Å². The molecule has 1 fully saturated rings. The van der Waals surface area contributed by atoms with E-state index < -0.39 is 49.7 Å². The number of amides is 4. The van der Waals surface area contributed by atoms with Crippen molar-refractivity contribution in [2.24, 2.45) is 0 Å². The monoisotopic (exact) mass is 440 g/mol. The third kappa shape index (κ3) is 4.92. The highest BCUT2D eigenvalue weighted by Gasteiger charge is 2.40. The molecular weight excluding hydrogens is 425 g/mol. The van der Waals surface area contributed by atoms with E-state index in [-0.39, 0.29) is 11.1 Å². The standard InChI is InChI=1S/C20H16Cl2F2N2O3/c21-14-5-1-3-12(7-14)16(23)10-25-18(27)9-19(28)26(20(25)29)11-17(24)13-4-2-6-15(22)8-13/h1-8,16-17H,9-11H2/t16-,17-/m1/s1. The Kier molecular flexibility index (Phi) is 6.49. The molecule has 2 aromatic carbocycles. The number of halogens is 4. The smallest absolute Gasteiger partial charge is 0.274 e. The fourth-order valence-corrected chi connectivity index (χ4v) is 3.37. The average molecular weight is 441 g/mol. The van der Waals surface area contributed by atoms with Crippen LogP contribution in [0.1, 0.15) is 29.9 Å². The normalized spacial score (nSPS) is 16.9. The maximum absolute atomic E-state index is 14.6. The molecule has 0 spiro atoms. The molecule has 2 atom stereocenters. The van der Waals surface area contributed by atoms with Crippen molar-refractivity contribution < 1.29 is 23.2 Å². The molecule has 1 saturated heterocycles. The van der Waals surface area contributed by atoms with Gasteiger partial charge < -0.3 is 0 Å². The number of rotatable bonds is 6. The van der Waals surface area contributed by atoms with Gasteiger partial charge in [-0.05, 0) is 35.4 Å². The van der Waals surface area contributed by atoms with Crippen LogP contribution in [0.2, 0.25) is 10.0 Å². The number of hydrogen-bond donors (Lipinski definition) is 0. The third-order valence-corrected chi connectivity index (χ3v) is 4.94.